The molecule has 0 aromatic heterocycles. The van der Waals surface area contributed by atoms with Crippen molar-refractivity contribution in [2.24, 2.45) is 5.41 Å². The van der Waals surface area contributed by atoms with Gasteiger partial charge in [0.15, 0.2) is 0 Å². The topological polar surface area (TPSA) is 58.6 Å². The standard InChI is InChI=1S/C16H23F2NO3/c1-5-15(3,11(2)20)10-19-14(21)16(17,18)12-6-8-13(22-4)9-7-12/h6-9,11,20H,5,10H2,1-4H3,(H,19,21)/t11-,15-/m1/s1. The fourth-order valence-corrected chi connectivity index (χ4v) is 1.89. The number of nitrogens with one attached hydrogen (secondary N) is 1. The Balaban J connectivity index is 2.81. The number of methoxy groups -OCH3 is 1. The molecule has 0 unspecified atom stereocenters. The van der Waals surface area contributed by atoms with Crippen LogP contribution in [0.15, 0.2) is 24.3 Å². The van der Waals surface area contributed by atoms with Gasteiger partial charge in [-0.05, 0) is 37.6 Å². The molecule has 0 aliphatic heterocycles. The summed E-state index contributed by atoms with van der Waals surface area (Å²) in [5.41, 5.74) is -1.05. The van der Waals surface area contributed by atoms with Gasteiger partial charge >= 0.3 is 5.92 Å². The van der Waals surface area contributed by atoms with Crippen LogP contribution in [-0.2, 0) is 10.7 Å². The Morgan fingerprint density at radius 2 is 1.91 bits per heavy atom. The summed E-state index contributed by atoms with van der Waals surface area (Å²) in [4.78, 5) is 11.8. The third-order valence-electron chi connectivity index (χ3n) is 4.21. The van der Waals surface area contributed by atoms with Gasteiger partial charge in [-0.3, -0.25) is 4.79 Å². The van der Waals surface area contributed by atoms with Crippen LogP contribution in [0.25, 0.3) is 0 Å². The largest absolute Gasteiger partial charge is 0.497 e. The van der Waals surface area contributed by atoms with Crippen molar-refractivity contribution in [3.05, 3.63) is 29.8 Å². The van der Waals surface area contributed by atoms with E-state index in [-0.39, 0.29) is 6.54 Å². The average molecular weight is 315 g/mol. The van der Waals surface area contributed by atoms with E-state index in [1.165, 1.54) is 19.2 Å². The molecule has 0 radical (unpaired) electrons. The van der Waals surface area contributed by atoms with Crippen molar-refractivity contribution in [1.29, 1.82) is 0 Å². The van der Waals surface area contributed by atoms with Gasteiger partial charge in [-0.1, -0.05) is 13.8 Å². The second kappa shape index (κ2) is 7.05. The van der Waals surface area contributed by atoms with Crippen LogP contribution in [0.2, 0.25) is 0 Å². The number of halogens is 2. The van der Waals surface area contributed by atoms with E-state index in [1.54, 1.807) is 13.8 Å². The van der Waals surface area contributed by atoms with Crippen molar-refractivity contribution in [1.82, 2.24) is 5.32 Å². The first-order chi connectivity index (χ1) is 10.2. The summed E-state index contributed by atoms with van der Waals surface area (Å²) in [5.74, 6) is -4.58. The van der Waals surface area contributed by atoms with E-state index < -0.39 is 28.9 Å². The van der Waals surface area contributed by atoms with E-state index in [4.69, 9.17) is 4.74 Å². The predicted octanol–water partition coefficient (Wildman–Crippen LogP) is 2.70. The molecule has 1 aromatic carbocycles. The van der Waals surface area contributed by atoms with Crippen LogP contribution in [0.4, 0.5) is 8.78 Å². The predicted molar refractivity (Wildman–Crippen MR) is 80.0 cm³/mol. The molecule has 22 heavy (non-hydrogen) atoms. The fraction of sp³-hybridized carbons (Fsp3) is 0.562. The van der Waals surface area contributed by atoms with Crippen LogP contribution in [0, 0.1) is 5.41 Å². The summed E-state index contributed by atoms with van der Waals surface area (Å²) < 4.78 is 33.2. The third-order valence-corrected chi connectivity index (χ3v) is 4.21. The third kappa shape index (κ3) is 3.94. The number of aliphatic hydroxyl groups excluding tert-OH is 1. The van der Waals surface area contributed by atoms with E-state index in [0.29, 0.717) is 12.2 Å². The summed E-state index contributed by atoms with van der Waals surface area (Å²) in [6.07, 6.45) is -0.161. The number of carbonyl (C=O) groups is 1. The van der Waals surface area contributed by atoms with Gasteiger partial charge in [0, 0.05) is 17.5 Å². The van der Waals surface area contributed by atoms with Gasteiger partial charge < -0.3 is 15.2 Å². The van der Waals surface area contributed by atoms with Crippen LogP contribution in [0.3, 0.4) is 0 Å². The Hall–Kier alpha value is -1.69. The molecule has 4 nitrogen and oxygen atoms in total. The lowest BCUT2D eigenvalue weighted by Gasteiger charge is -2.32. The molecular formula is C16H23F2NO3. The van der Waals surface area contributed by atoms with Crippen molar-refractivity contribution in [3.63, 3.8) is 0 Å². The van der Waals surface area contributed by atoms with Crippen molar-refractivity contribution >= 4 is 5.91 Å². The van der Waals surface area contributed by atoms with Crippen LogP contribution >= 0.6 is 0 Å². The van der Waals surface area contributed by atoms with E-state index in [9.17, 15) is 18.7 Å². The fourth-order valence-electron chi connectivity index (χ4n) is 1.89. The number of amides is 1. The van der Waals surface area contributed by atoms with E-state index in [1.807, 2.05) is 6.92 Å². The Morgan fingerprint density at radius 3 is 2.32 bits per heavy atom. The minimum absolute atomic E-state index is 0.0221. The van der Waals surface area contributed by atoms with Crippen LogP contribution in [0.1, 0.15) is 32.8 Å². The maximum absolute atomic E-state index is 14.2. The van der Waals surface area contributed by atoms with E-state index in [0.717, 1.165) is 12.1 Å². The minimum Gasteiger partial charge on any atom is -0.497 e. The van der Waals surface area contributed by atoms with Gasteiger partial charge in [-0.25, -0.2) is 0 Å². The first kappa shape index (κ1) is 18.4. The van der Waals surface area contributed by atoms with Crippen LogP contribution in [-0.4, -0.2) is 30.8 Å². The zero-order valence-corrected chi connectivity index (χ0v) is 13.3. The number of benzene rings is 1. The lowest BCUT2D eigenvalue weighted by molar-refractivity contribution is -0.147. The highest BCUT2D eigenvalue weighted by molar-refractivity contribution is 5.84. The number of rotatable bonds is 7. The molecular weight excluding hydrogens is 292 g/mol. The van der Waals surface area contributed by atoms with Crippen molar-refractivity contribution in [2.75, 3.05) is 13.7 Å². The Morgan fingerprint density at radius 1 is 1.36 bits per heavy atom. The van der Waals surface area contributed by atoms with Gasteiger partial charge in [0.2, 0.25) is 0 Å². The second-order valence-electron chi connectivity index (χ2n) is 5.67. The zero-order valence-electron chi connectivity index (χ0n) is 13.3. The highest BCUT2D eigenvalue weighted by Gasteiger charge is 2.42. The molecule has 6 heteroatoms. The first-order valence-corrected chi connectivity index (χ1v) is 7.16. The SMILES string of the molecule is CC[C@](C)(CNC(=O)C(F)(F)c1ccc(OC)cc1)[C@@H](C)O. The van der Waals surface area contributed by atoms with Crippen molar-refractivity contribution < 1.29 is 23.4 Å². The first-order valence-electron chi connectivity index (χ1n) is 7.16. The zero-order chi connectivity index (χ0) is 17.0. The number of hydrogen-bond donors (Lipinski definition) is 2. The number of aliphatic hydroxyl groups is 1. The molecule has 1 amide bonds. The number of ether oxygens (including phenoxy) is 1. The molecule has 0 bridgehead atoms. The number of hydrogen-bond acceptors (Lipinski definition) is 3. The summed E-state index contributed by atoms with van der Waals surface area (Å²) in [6.45, 7) is 5.13. The highest BCUT2D eigenvalue weighted by atomic mass is 19.3. The van der Waals surface area contributed by atoms with Gasteiger partial charge in [-0.15, -0.1) is 0 Å². The maximum atomic E-state index is 14.2. The molecule has 124 valence electrons. The molecule has 0 spiro atoms. The summed E-state index contributed by atoms with van der Waals surface area (Å²) in [7, 11) is 1.43. The summed E-state index contributed by atoms with van der Waals surface area (Å²) in [6, 6.07) is 5.07. The monoisotopic (exact) mass is 315 g/mol. The molecule has 0 aliphatic rings. The molecule has 2 N–H and O–H groups in total. The molecule has 0 fully saturated rings. The molecule has 0 saturated carbocycles. The highest BCUT2D eigenvalue weighted by Crippen LogP contribution is 2.31. The molecule has 2 atom stereocenters. The van der Waals surface area contributed by atoms with Gasteiger partial charge in [0.1, 0.15) is 5.75 Å². The Labute approximate surface area is 129 Å². The van der Waals surface area contributed by atoms with Gasteiger partial charge in [-0.2, -0.15) is 8.78 Å². The Bertz CT molecular complexity index is 503. The van der Waals surface area contributed by atoms with Crippen molar-refractivity contribution in [2.45, 2.75) is 39.2 Å². The smallest absolute Gasteiger partial charge is 0.349 e. The van der Waals surface area contributed by atoms with Gasteiger partial charge in [0.25, 0.3) is 5.91 Å². The number of alkyl halides is 2. The second-order valence-corrected chi connectivity index (χ2v) is 5.67. The molecule has 0 heterocycles. The van der Waals surface area contributed by atoms with E-state index in [2.05, 4.69) is 5.32 Å². The average Bonchev–Trinajstić information content (AvgIpc) is 2.51. The molecule has 1 rings (SSSR count). The maximum Gasteiger partial charge on any atom is 0.349 e. The normalized spacial score (nSPS) is 15.8. The lowest BCUT2D eigenvalue weighted by atomic mass is 9.82. The van der Waals surface area contributed by atoms with Gasteiger partial charge in [0.05, 0.1) is 13.2 Å². The van der Waals surface area contributed by atoms with E-state index >= 15 is 0 Å². The molecule has 0 saturated heterocycles. The van der Waals surface area contributed by atoms with Crippen LogP contribution in [0.5, 0.6) is 5.75 Å². The summed E-state index contributed by atoms with van der Waals surface area (Å²) in [5, 5.41) is 12.0. The minimum atomic E-state index is -3.64. The molecule has 1 aromatic rings. The number of carbonyl (C=O) groups excluding carboxylic acids is 1. The Kier molecular flexibility index (Phi) is 5.88. The van der Waals surface area contributed by atoms with Crippen molar-refractivity contribution in [3.8, 4) is 5.75 Å². The lowest BCUT2D eigenvalue weighted by Crippen LogP contribution is -2.46. The summed E-state index contributed by atoms with van der Waals surface area (Å²) >= 11 is 0. The van der Waals surface area contributed by atoms with Crippen LogP contribution < -0.4 is 10.1 Å². The quantitative estimate of drug-likeness (QED) is 0.813. The molecule has 0 aliphatic carbocycles.